The van der Waals surface area contributed by atoms with Crippen LogP contribution >= 0.6 is 0 Å². The molecule has 0 aromatic heterocycles. The number of carbonyl (C=O) groups is 1. The highest BCUT2D eigenvalue weighted by atomic mass is 19.2. The minimum Gasteiger partial charge on any atom is -0.308 e. The Morgan fingerprint density at radius 2 is 1.71 bits per heavy atom. The van der Waals surface area contributed by atoms with Gasteiger partial charge in [-0.1, -0.05) is 0 Å². The van der Waals surface area contributed by atoms with Crippen LogP contribution in [-0.4, -0.2) is 17.3 Å². The van der Waals surface area contributed by atoms with Gasteiger partial charge in [0.1, 0.15) is 11.4 Å². The summed E-state index contributed by atoms with van der Waals surface area (Å²) in [6, 6.07) is 1.58. The van der Waals surface area contributed by atoms with Gasteiger partial charge in [0.15, 0.2) is 17.5 Å². The van der Waals surface area contributed by atoms with Crippen molar-refractivity contribution in [1.82, 2.24) is 5.32 Å². The van der Waals surface area contributed by atoms with Crippen molar-refractivity contribution in [3.63, 3.8) is 0 Å². The first-order valence-corrected chi connectivity index (χ1v) is 4.87. The van der Waals surface area contributed by atoms with Crippen LogP contribution in [0.1, 0.15) is 19.4 Å². The third-order valence-electron chi connectivity index (χ3n) is 2.44. The Morgan fingerprint density at radius 3 is 2.12 bits per heavy atom. The minimum atomic E-state index is -1.54. The number of nitrogens with one attached hydrogen (secondary N) is 1. The van der Waals surface area contributed by atoms with Crippen LogP contribution in [-0.2, 0) is 4.79 Å². The molecule has 1 N–H and O–H groups in total. The molecular formula is C11H9F3N2O. The fourth-order valence-electron chi connectivity index (χ4n) is 1.45. The van der Waals surface area contributed by atoms with Gasteiger partial charge in [-0.15, -0.1) is 0 Å². The van der Waals surface area contributed by atoms with Gasteiger partial charge in [0.05, 0.1) is 0 Å². The first-order chi connectivity index (χ1) is 7.81. The molecule has 0 radical (unpaired) electrons. The lowest BCUT2D eigenvalue weighted by atomic mass is 10.1. The van der Waals surface area contributed by atoms with E-state index in [0.717, 1.165) is 12.1 Å². The smallest absolute Gasteiger partial charge is 0.252 e. The maximum atomic E-state index is 13.0. The largest absolute Gasteiger partial charge is 0.308 e. The van der Waals surface area contributed by atoms with Gasteiger partial charge < -0.3 is 5.32 Å². The summed E-state index contributed by atoms with van der Waals surface area (Å²) >= 11 is 0. The summed E-state index contributed by atoms with van der Waals surface area (Å²) in [6.07, 6.45) is 0. The van der Waals surface area contributed by atoms with Gasteiger partial charge in [-0.25, -0.2) is 13.2 Å². The second kappa shape index (κ2) is 3.58. The van der Waals surface area contributed by atoms with Gasteiger partial charge in [-0.3, -0.25) is 9.79 Å². The Morgan fingerprint density at radius 1 is 1.18 bits per heavy atom. The molecule has 0 spiro atoms. The molecule has 0 saturated heterocycles. The van der Waals surface area contributed by atoms with Crippen molar-refractivity contribution in [1.29, 1.82) is 0 Å². The molecule has 0 saturated carbocycles. The Bertz CT molecular complexity index is 515. The molecule has 0 atom stereocenters. The molecule has 90 valence electrons. The third-order valence-corrected chi connectivity index (χ3v) is 2.44. The number of hydrogen-bond donors (Lipinski definition) is 1. The first-order valence-electron chi connectivity index (χ1n) is 4.87. The van der Waals surface area contributed by atoms with Crippen LogP contribution in [0, 0.1) is 17.5 Å². The average Bonchev–Trinajstić information content (AvgIpc) is 2.49. The van der Waals surface area contributed by atoms with Gasteiger partial charge in [-0.05, 0) is 26.0 Å². The predicted molar refractivity (Wildman–Crippen MR) is 55.1 cm³/mol. The molecule has 0 fully saturated rings. The molecule has 1 aromatic rings. The summed E-state index contributed by atoms with van der Waals surface area (Å²) in [5.41, 5.74) is -0.989. The molecule has 17 heavy (non-hydrogen) atoms. The molecular weight excluding hydrogens is 233 g/mol. The zero-order valence-electron chi connectivity index (χ0n) is 9.14. The third kappa shape index (κ3) is 1.90. The van der Waals surface area contributed by atoms with Crippen molar-refractivity contribution in [3.05, 3.63) is 35.1 Å². The highest BCUT2D eigenvalue weighted by Crippen LogP contribution is 2.20. The number of benzene rings is 1. The molecule has 1 aliphatic rings. The lowest BCUT2D eigenvalue weighted by Gasteiger charge is -2.07. The Balaban J connectivity index is 2.47. The van der Waals surface area contributed by atoms with Crippen LogP contribution in [0.3, 0.4) is 0 Å². The number of amidine groups is 1. The number of amides is 1. The van der Waals surface area contributed by atoms with Crippen LogP contribution in [0.15, 0.2) is 17.1 Å². The van der Waals surface area contributed by atoms with E-state index in [1.54, 1.807) is 13.8 Å². The quantitative estimate of drug-likeness (QED) is 0.749. The molecule has 0 unspecified atom stereocenters. The van der Waals surface area contributed by atoms with E-state index in [1.165, 1.54) is 0 Å². The van der Waals surface area contributed by atoms with Crippen molar-refractivity contribution in [2.75, 3.05) is 0 Å². The normalized spacial score (nSPS) is 17.9. The van der Waals surface area contributed by atoms with Crippen molar-refractivity contribution >= 4 is 11.7 Å². The van der Waals surface area contributed by atoms with Gasteiger partial charge in [0, 0.05) is 5.56 Å². The fraction of sp³-hybridized carbons (Fsp3) is 0.273. The van der Waals surface area contributed by atoms with E-state index in [2.05, 4.69) is 10.3 Å². The summed E-state index contributed by atoms with van der Waals surface area (Å²) in [5, 5.41) is 2.39. The molecule has 0 bridgehead atoms. The van der Waals surface area contributed by atoms with E-state index < -0.39 is 23.0 Å². The van der Waals surface area contributed by atoms with E-state index in [9.17, 15) is 18.0 Å². The zero-order chi connectivity index (χ0) is 12.8. The predicted octanol–water partition coefficient (Wildman–Crippen LogP) is 1.76. The molecule has 6 heteroatoms. The zero-order valence-corrected chi connectivity index (χ0v) is 9.14. The summed E-state index contributed by atoms with van der Waals surface area (Å²) in [4.78, 5) is 15.4. The molecule has 1 aliphatic heterocycles. The Kier molecular flexibility index (Phi) is 2.45. The number of rotatable bonds is 1. The van der Waals surface area contributed by atoms with E-state index in [1.807, 2.05) is 0 Å². The average molecular weight is 242 g/mol. The summed E-state index contributed by atoms with van der Waals surface area (Å²) in [7, 11) is 0. The van der Waals surface area contributed by atoms with E-state index in [4.69, 9.17) is 0 Å². The maximum Gasteiger partial charge on any atom is 0.252 e. The minimum absolute atomic E-state index is 0.000301. The lowest BCUT2D eigenvalue weighted by molar-refractivity contribution is -0.122. The summed E-state index contributed by atoms with van der Waals surface area (Å²) in [6.45, 7) is 3.12. The van der Waals surface area contributed by atoms with Crippen LogP contribution in [0.2, 0.25) is 0 Å². The lowest BCUT2D eigenvalue weighted by Crippen LogP contribution is -2.34. The van der Waals surface area contributed by atoms with E-state index >= 15 is 0 Å². The molecule has 1 amide bonds. The topological polar surface area (TPSA) is 41.5 Å². The highest BCUT2D eigenvalue weighted by molar-refractivity contribution is 6.15. The monoisotopic (exact) mass is 242 g/mol. The second-order valence-corrected chi connectivity index (χ2v) is 4.23. The number of aliphatic imine (C=N–C) groups is 1. The van der Waals surface area contributed by atoms with Gasteiger partial charge >= 0.3 is 0 Å². The molecule has 0 aliphatic carbocycles. The van der Waals surface area contributed by atoms with E-state index in [-0.39, 0.29) is 17.3 Å². The summed E-state index contributed by atoms with van der Waals surface area (Å²) < 4.78 is 38.8. The number of hydrogen-bond acceptors (Lipinski definition) is 2. The standard InChI is InChI=1S/C11H9F3N2O/c1-11(2)10(17)15-9(16-11)5-3-6(12)8(14)7(13)4-5/h3-4H,1-2H3,(H,15,16,17). The number of nitrogens with zero attached hydrogens (tertiary/aromatic N) is 1. The van der Waals surface area contributed by atoms with E-state index in [0.29, 0.717) is 0 Å². The van der Waals surface area contributed by atoms with Crippen LogP contribution in [0.4, 0.5) is 13.2 Å². The second-order valence-electron chi connectivity index (χ2n) is 4.23. The molecule has 2 rings (SSSR count). The fourth-order valence-corrected chi connectivity index (χ4v) is 1.45. The highest BCUT2D eigenvalue weighted by Gasteiger charge is 2.34. The summed E-state index contributed by atoms with van der Waals surface area (Å²) in [5.74, 6) is -4.52. The Hall–Kier alpha value is -1.85. The number of halogens is 3. The number of carbonyl (C=O) groups excluding carboxylic acids is 1. The Labute approximate surface area is 95.4 Å². The van der Waals surface area contributed by atoms with Crippen molar-refractivity contribution in [2.24, 2.45) is 4.99 Å². The maximum absolute atomic E-state index is 13.0. The van der Waals surface area contributed by atoms with Gasteiger partial charge in [0.25, 0.3) is 5.91 Å². The molecule has 1 aromatic carbocycles. The molecule has 3 nitrogen and oxygen atoms in total. The van der Waals surface area contributed by atoms with Gasteiger partial charge in [0.2, 0.25) is 0 Å². The van der Waals surface area contributed by atoms with Gasteiger partial charge in [-0.2, -0.15) is 0 Å². The van der Waals surface area contributed by atoms with Crippen molar-refractivity contribution in [3.8, 4) is 0 Å². The van der Waals surface area contributed by atoms with Crippen molar-refractivity contribution < 1.29 is 18.0 Å². The van der Waals surface area contributed by atoms with Crippen molar-refractivity contribution in [2.45, 2.75) is 19.4 Å². The first kappa shape index (κ1) is 11.6. The molecule has 1 heterocycles. The van der Waals surface area contributed by atoms with Crippen LogP contribution in [0.5, 0.6) is 0 Å². The van der Waals surface area contributed by atoms with Crippen LogP contribution in [0.25, 0.3) is 0 Å². The van der Waals surface area contributed by atoms with Crippen LogP contribution < -0.4 is 5.32 Å². The SMILES string of the molecule is CC1(C)N=C(c2cc(F)c(F)c(F)c2)NC1=O.